The number of ether oxygens (including phenoxy) is 2. The zero-order chi connectivity index (χ0) is 12.3. The molecule has 0 saturated carbocycles. The number of hydrogen-bond donors (Lipinski definition) is 1. The molecule has 94 valence electrons. The van der Waals surface area contributed by atoms with Gasteiger partial charge in [0.15, 0.2) is 0 Å². The van der Waals surface area contributed by atoms with Crippen molar-refractivity contribution in [2.45, 2.75) is 12.8 Å². The van der Waals surface area contributed by atoms with Crippen molar-refractivity contribution in [3.05, 3.63) is 28.8 Å². The van der Waals surface area contributed by atoms with Crippen molar-refractivity contribution in [3.8, 4) is 5.75 Å². The van der Waals surface area contributed by atoms with Gasteiger partial charge in [0, 0.05) is 17.0 Å². The Hall–Kier alpha value is -0.770. The van der Waals surface area contributed by atoms with E-state index in [4.69, 9.17) is 21.1 Å². The quantitative estimate of drug-likeness (QED) is 0.898. The van der Waals surface area contributed by atoms with Gasteiger partial charge in [0.05, 0.1) is 20.3 Å². The summed E-state index contributed by atoms with van der Waals surface area (Å²) in [6, 6.07) is 5.56. The maximum atomic E-state index is 9.56. The van der Waals surface area contributed by atoms with E-state index in [2.05, 4.69) is 0 Å². The Bertz CT molecular complexity index is 386. The molecule has 0 aromatic heterocycles. The highest BCUT2D eigenvalue weighted by Gasteiger charge is 2.35. The van der Waals surface area contributed by atoms with Gasteiger partial charge in [0.1, 0.15) is 5.75 Å². The summed E-state index contributed by atoms with van der Waals surface area (Å²) >= 11 is 6.00. The van der Waals surface area contributed by atoms with Crippen molar-refractivity contribution in [1.29, 1.82) is 0 Å². The van der Waals surface area contributed by atoms with Crippen LogP contribution in [0.4, 0.5) is 0 Å². The van der Waals surface area contributed by atoms with Crippen LogP contribution in [-0.4, -0.2) is 32.0 Å². The third kappa shape index (κ3) is 2.73. The van der Waals surface area contributed by atoms with E-state index in [1.165, 1.54) is 0 Å². The Morgan fingerprint density at radius 1 is 1.53 bits per heavy atom. The van der Waals surface area contributed by atoms with Gasteiger partial charge in [-0.1, -0.05) is 11.6 Å². The summed E-state index contributed by atoms with van der Waals surface area (Å²) in [5, 5.41) is 10.2. The van der Waals surface area contributed by atoms with Crippen LogP contribution in [-0.2, 0) is 11.2 Å². The third-order valence-electron chi connectivity index (χ3n) is 3.33. The Labute approximate surface area is 106 Å². The van der Waals surface area contributed by atoms with Gasteiger partial charge in [-0.2, -0.15) is 0 Å². The summed E-state index contributed by atoms with van der Waals surface area (Å²) in [7, 11) is 1.64. The average Bonchev–Trinajstić information content (AvgIpc) is 2.79. The molecule has 1 aromatic rings. The predicted octanol–water partition coefficient (Wildman–Crippen LogP) is 2.29. The van der Waals surface area contributed by atoms with E-state index in [1.807, 2.05) is 12.1 Å². The number of benzene rings is 1. The summed E-state index contributed by atoms with van der Waals surface area (Å²) in [5.74, 6) is 0.814. The van der Waals surface area contributed by atoms with Crippen molar-refractivity contribution in [1.82, 2.24) is 0 Å². The van der Waals surface area contributed by atoms with Gasteiger partial charge < -0.3 is 14.6 Å². The Kier molecular flexibility index (Phi) is 3.92. The van der Waals surface area contributed by atoms with Crippen LogP contribution in [0, 0.1) is 5.41 Å². The molecule has 3 nitrogen and oxygen atoms in total. The average molecular weight is 257 g/mol. The van der Waals surface area contributed by atoms with Gasteiger partial charge in [-0.15, -0.1) is 0 Å². The molecule has 4 heteroatoms. The van der Waals surface area contributed by atoms with E-state index in [-0.39, 0.29) is 12.0 Å². The van der Waals surface area contributed by atoms with Crippen LogP contribution in [0.25, 0.3) is 0 Å². The molecule has 0 radical (unpaired) electrons. The maximum Gasteiger partial charge on any atom is 0.122 e. The molecule has 0 aliphatic carbocycles. The molecule has 0 spiro atoms. The Morgan fingerprint density at radius 2 is 2.35 bits per heavy atom. The van der Waals surface area contributed by atoms with E-state index in [9.17, 15) is 5.11 Å². The molecular formula is C13H17ClO3. The van der Waals surface area contributed by atoms with E-state index in [0.29, 0.717) is 18.2 Å². The van der Waals surface area contributed by atoms with Crippen LogP contribution in [0.2, 0.25) is 5.02 Å². The van der Waals surface area contributed by atoms with Gasteiger partial charge >= 0.3 is 0 Å². The lowest BCUT2D eigenvalue weighted by atomic mass is 9.81. The minimum Gasteiger partial charge on any atom is -0.496 e. The molecule has 1 unspecified atom stereocenters. The van der Waals surface area contributed by atoms with Gasteiger partial charge in [-0.05, 0) is 36.6 Å². The molecule has 1 aromatic carbocycles. The van der Waals surface area contributed by atoms with Gasteiger partial charge in [-0.25, -0.2) is 0 Å². The summed E-state index contributed by atoms with van der Waals surface area (Å²) in [5.41, 5.74) is 0.845. The minimum absolute atomic E-state index is 0.128. The molecule has 2 rings (SSSR count). The van der Waals surface area contributed by atoms with E-state index >= 15 is 0 Å². The largest absolute Gasteiger partial charge is 0.496 e. The predicted molar refractivity (Wildman–Crippen MR) is 66.7 cm³/mol. The van der Waals surface area contributed by atoms with E-state index in [1.54, 1.807) is 13.2 Å². The first-order valence-electron chi connectivity index (χ1n) is 5.70. The van der Waals surface area contributed by atoms with Crippen molar-refractivity contribution in [3.63, 3.8) is 0 Å². The van der Waals surface area contributed by atoms with Crippen LogP contribution in [0.5, 0.6) is 5.75 Å². The molecule has 17 heavy (non-hydrogen) atoms. The molecule has 1 saturated heterocycles. The van der Waals surface area contributed by atoms with Crippen LogP contribution >= 0.6 is 11.6 Å². The highest BCUT2D eigenvalue weighted by atomic mass is 35.5. The first-order valence-corrected chi connectivity index (χ1v) is 6.08. The second kappa shape index (κ2) is 5.25. The lowest BCUT2D eigenvalue weighted by Gasteiger charge is -2.25. The summed E-state index contributed by atoms with van der Waals surface area (Å²) in [6.45, 7) is 1.44. The lowest BCUT2D eigenvalue weighted by Crippen LogP contribution is -2.28. The fraction of sp³-hybridized carbons (Fsp3) is 0.538. The lowest BCUT2D eigenvalue weighted by molar-refractivity contribution is 0.0930. The molecule has 0 bridgehead atoms. The molecule has 0 amide bonds. The van der Waals surface area contributed by atoms with E-state index < -0.39 is 0 Å². The topological polar surface area (TPSA) is 38.7 Å². The monoisotopic (exact) mass is 256 g/mol. The van der Waals surface area contributed by atoms with E-state index in [0.717, 1.165) is 24.2 Å². The molecule has 1 atom stereocenters. The first-order chi connectivity index (χ1) is 8.19. The van der Waals surface area contributed by atoms with Gasteiger partial charge in [0.2, 0.25) is 0 Å². The van der Waals surface area contributed by atoms with Crippen molar-refractivity contribution < 1.29 is 14.6 Å². The standard InChI is InChI=1S/C13H17ClO3/c1-16-12-3-2-11(14)6-10(12)7-13(8-15)4-5-17-9-13/h2-3,6,15H,4-5,7-9H2,1H3. The fourth-order valence-corrected chi connectivity index (χ4v) is 2.45. The third-order valence-corrected chi connectivity index (χ3v) is 3.56. The number of rotatable bonds is 4. The van der Waals surface area contributed by atoms with Gasteiger partial charge in [-0.3, -0.25) is 0 Å². The number of hydrogen-bond acceptors (Lipinski definition) is 3. The first kappa shape index (κ1) is 12.7. The summed E-state index contributed by atoms with van der Waals surface area (Å²) in [4.78, 5) is 0. The maximum absolute atomic E-state index is 9.56. The minimum atomic E-state index is -0.183. The van der Waals surface area contributed by atoms with Crippen LogP contribution < -0.4 is 4.74 Å². The van der Waals surface area contributed by atoms with Crippen LogP contribution in [0.1, 0.15) is 12.0 Å². The Balaban J connectivity index is 2.24. The summed E-state index contributed by atoms with van der Waals surface area (Å²) in [6.07, 6.45) is 1.60. The number of methoxy groups -OCH3 is 1. The highest BCUT2D eigenvalue weighted by Crippen LogP contribution is 2.35. The molecule has 1 aliphatic rings. The second-order valence-electron chi connectivity index (χ2n) is 4.59. The van der Waals surface area contributed by atoms with Crippen LogP contribution in [0.3, 0.4) is 0 Å². The van der Waals surface area contributed by atoms with Crippen molar-refractivity contribution in [2.24, 2.45) is 5.41 Å². The zero-order valence-electron chi connectivity index (χ0n) is 9.91. The normalized spacial score (nSPS) is 23.9. The van der Waals surface area contributed by atoms with Crippen LogP contribution in [0.15, 0.2) is 18.2 Å². The van der Waals surface area contributed by atoms with Gasteiger partial charge in [0.25, 0.3) is 0 Å². The SMILES string of the molecule is COc1ccc(Cl)cc1CC1(CO)CCOC1. The smallest absolute Gasteiger partial charge is 0.122 e. The molecule has 1 aliphatic heterocycles. The number of aliphatic hydroxyl groups is 1. The fourth-order valence-electron chi connectivity index (χ4n) is 2.26. The molecule has 1 heterocycles. The Morgan fingerprint density at radius 3 is 2.94 bits per heavy atom. The molecule has 1 fully saturated rings. The molecule has 1 N–H and O–H groups in total. The number of halogens is 1. The van der Waals surface area contributed by atoms with Crippen molar-refractivity contribution >= 4 is 11.6 Å². The zero-order valence-corrected chi connectivity index (χ0v) is 10.7. The second-order valence-corrected chi connectivity index (χ2v) is 5.03. The highest BCUT2D eigenvalue weighted by molar-refractivity contribution is 6.30. The number of aliphatic hydroxyl groups excluding tert-OH is 1. The van der Waals surface area contributed by atoms with Crippen molar-refractivity contribution in [2.75, 3.05) is 26.9 Å². The molecular weight excluding hydrogens is 240 g/mol. The summed E-state index contributed by atoms with van der Waals surface area (Å²) < 4.78 is 10.7.